The van der Waals surface area contributed by atoms with E-state index in [1.54, 1.807) is 17.0 Å². The van der Waals surface area contributed by atoms with Crippen LogP contribution in [-0.2, 0) is 4.79 Å². The zero-order valence-corrected chi connectivity index (χ0v) is 14.1. The third-order valence-electron chi connectivity index (χ3n) is 4.98. The number of carboxylic acids is 1. The number of hydrogen-bond donors (Lipinski definition) is 1. The number of aliphatic carboxylic acids is 1. The standard InChI is InChI=1S/C18H17ClN2O4/c19-12-5-3-10(4-6-12)13-7-21(8-14(13)18(23)24)17(22)16-15(11-1-2-11)20-9-25-16/h3-6,9,11,13-14H,1-2,7-8H2,(H,23,24)/t13-,14+/m0/s1. The fourth-order valence-corrected chi connectivity index (χ4v) is 3.60. The van der Waals surface area contributed by atoms with Gasteiger partial charge in [-0.25, -0.2) is 4.98 Å². The highest BCUT2D eigenvalue weighted by molar-refractivity contribution is 6.30. The predicted molar refractivity (Wildman–Crippen MR) is 89.7 cm³/mol. The molecule has 1 aromatic heterocycles. The zero-order valence-electron chi connectivity index (χ0n) is 13.4. The first kappa shape index (κ1) is 16.1. The maximum atomic E-state index is 12.8. The van der Waals surface area contributed by atoms with Gasteiger partial charge >= 0.3 is 5.97 Å². The van der Waals surface area contributed by atoms with Crippen LogP contribution >= 0.6 is 11.6 Å². The number of aromatic nitrogens is 1. The maximum Gasteiger partial charge on any atom is 0.308 e. The van der Waals surface area contributed by atoms with Crippen LogP contribution in [0.15, 0.2) is 35.1 Å². The van der Waals surface area contributed by atoms with Crippen LogP contribution in [0.25, 0.3) is 0 Å². The van der Waals surface area contributed by atoms with Crippen LogP contribution < -0.4 is 0 Å². The fourth-order valence-electron chi connectivity index (χ4n) is 3.47. The van der Waals surface area contributed by atoms with Gasteiger partial charge in [-0.05, 0) is 30.5 Å². The Morgan fingerprint density at radius 3 is 2.56 bits per heavy atom. The van der Waals surface area contributed by atoms with E-state index in [1.807, 2.05) is 12.1 Å². The Labute approximate surface area is 149 Å². The molecular weight excluding hydrogens is 344 g/mol. The molecule has 2 fully saturated rings. The van der Waals surface area contributed by atoms with Gasteiger partial charge in [-0.15, -0.1) is 0 Å². The smallest absolute Gasteiger partial charge is 0.308 e. The minimum atomic E-state index is -0.907. The molecule has 1 aromatic carbocycles. The second-order valence-corrected chi connectivity index (χ2v) is 7.09. The molecule has 1 aliphatic carbocycles. The van der Waals surface area contributed by atoms with Gasteiger partial charge in [0.05, 0.1) is 11.6 Å². The Balaban J connectivity index is 1.59. The Morgan fingerprint density at radius 2 is 1.92 bits per heavy atom. The highest BCUT2D eigenvalue weighted by atomic mass is 35.5. The van der Waals surface area contributed by atoms with Gasteiger partial charge in [-0.2, -0.15) is 0 Å². The SMILES string of the molecule is O=C(O)[C@@H]1CN(C(=O)c2ocnc2C2CC2)C[C@H]1c1ccc(Cl)cc1. The lowest BCUT2D eigenvalue weighted by atomic mass is 9.89. The number of benzene rings is 1. The summed E-state index contributed by atoms with van der Waals surface area (Å²) in [6.45, 7) is 0.495. The Hall–Kier alpha value is -2.34. The summed E-state index contributed by atoms with van der Waals surface area (Å²) in [5.74, 6) is -1.56. The molecule has 1 saturated heterocycles. The Bertz CT molecular complexity index is 813. The molecule has 7 heteroatoms. The number of carboxylic acid groups (broad SMARTS) is 1. The number of carbonyl (C=O) groups excluding carboxylic acids is 1. The molecule has 1 amide bonds. The first-order valence-electron chi connectivity index (χ1n) is 8.25. The monoisotopic (exact) mass is 360 g/mol. The third-order valence-corrected chi connectivity index (χ3v) is 5.23. The molecule has 2 aliphatic rings. The first-order chi connectivity index (χ1) is 12.0. The van der Waals surface area contributed by atoms with Crippen molar-refractivity contribution in [2.24, 2.45) is 5.92 Å². The summed E-state index contributed by atoms with van der Waals surface area (Å²) in [6.07, 6.45) is 3.32. The minimum Gasteiger partial charge on any atom is -0.481 e. The molecule has 0 spiro atoms. The van der Waals surface area contributed by atoms with Crippen LogP contribution in [0, 0.1) is 5.92 Å². The average Bonchev–Trinajstić information content (AvgIpc) is 3.15. The summed E-state index contributed by atoms with van der Waals surface area (Å²) in [5.41, 5.74) is 1.57. The van der Waals surface area contributed by atoms with Gasteiger partial charge in [-0.3, -0.25) is 9.59 Å². The lowest BCUT2D eigenvalue weighted by Crippen LogP contribution is -2.30. The van der Waals surface area contributed by atoms with E-state index in [9.17, 15) is 14.7 Å². The number of nitrogens with zero attached hydrogens (tertiary/aromatic N) is 2. The largest absolute Gasteiger partial charge is 0.481 e. The van der Waals surface area contributed by atoms with Crippen molar-refractivity contribution in [3.8, 4) is 0 Å². The summed E-state index contributed by atoms with van der Waals surface area (Å²) < 4.78 is 5.33. The molecule has 0 unspecified atom stereocenters. The Kier molecular flexibility index (Phi) is 4.00. The van der Waals surface area contributed by atoms with E-state index in [0.29, 0.717) is 23.2 Å². The van der Waals surface area contributed by atoms with Crippen molar-refractivity contribution in [2.45, 2.75) is 24.7 Å². The van der Waals surface area contributed by atoms with Gasteiger partial charge in [0.1, 0.15) is 0 Å². The Morgan fingerprint density at radius 1 is 1.20 bits per heavy atom. The highest BCUT2D eigenvalue weighted by Crippen LogP contribution is 2.42. The molecular formula is C18H17ClN2O4. The van der Waals surface area contributed by atoms with Crippen LogP contribution in [0.5, 0.6) is 0 Å². The number of halogens is 1. The van der Waals surface area contributed by atoms with Gasteiger partial charge in [0.15, 0.2) is 6.39 Å². The predicted octanol–water partition coefficient (Wildman–Crippen LogP) is 3.15. The van der Waals surface area contributed by atoms with Gasteiger partial charge in [0, 0.05) is 29.9 Å². The van der Waals surface area contributed by atoms with Gasteiger partial charge in [0.2, 0.25) is 5.76 Å². The zero-order chi connectivity index (χ0) is 17.6. The number of rotatable bonds is 4. The lowest BCUT2D eigenvalue weighted by molar-refractivity contribution is -0.141. The number of hydrogen-bond acceptors (Lipinski definition) is 4. The highest BCUT2D eigenvalue weighted by Gasteiger charge is 2.42. The molecule has 2 atom stereocenters. The summed E-state index contributed by atoms with van der Waals surface area (Å²) in [7, 11) is 0. The van der Waals surface area contributed by atoms with E-state index in [1.165, 1.54) is 6.39 Å². The maximum absolute atomic E-state index is 12.8. The lowest BCUT2D eigenvalue weighted by Gasteiger charge is -2.16. The van der Waals surface area contributed by atoms with E-state index < -0.39 is 11.9 Å². The molecule has 0 bridgehead atoms. The molecule has 2 heterocycles. The molecule has 25 heavy (non-hydrogen) atoms. The topological polar surface area (TPSA) is 83.6 Å². The van der Waals surface area contributed by atoms with E-state index >= 15 is 0 Å². The van der Waals surface area contributed by atoms with Crippen molar-refractivity contribution >= 4 is 23.5 Å². The van der Waals surface area contributed by atoms with Crippen molar-refractivity contribution in [3.63, 3.8) is 0 Å². The number of oxazole rings is 1. The third kappa shape index (κ3) is 3.02. The van der Waals surface area contributed by atoms with E-state index in [4.69, 9.17) is 16.0 Å². The van der Waals surface area contributed by atoms with Crippen LogP contribution in [0.1, 0.15) is 46.5 Å². The molecule has 6 nitrogen and oxygen atoms in total. The quantitative estimate of drug-likeness (QED) is 0.905. The fraction of sp³-hybridized carbons (Fsp3) is 0.389. The van der Waals surface area contributed by atoms with E-state index in [2.05, 4.69) is 4.98 Å². The molecule has 4 rings (SSSR count). The average molecular weight is 361 g/mol. The van der Waals surface area contributed by atoms with Crippen molar-refractivity contribution in [2.75, 3.05) is 13.1 Å². The van der Waals surface area contributed by atoms with Gasteiger partial charge < -0.3 is 14.4 Å². The second-order valence-electron chi connectivity index (χ2n) is 6.65. The number of amides is 1. The molecule has 130 valence electrons. The van der Waals surface area contributed by atoms with Crippen molar-refractivity contribution < 1.29 is 19.1 Å². The molecule has 2 aromatic rings. The normalized spacial score (nSPS) is 23.0. The van der Waals surface area contributed by atoms with Crippen molar-refractivity contribution in [3.05, 3.63) is 52.7 Å². The number of carbonyl (C=O) groups is 2. The summed E-state index contributed by atoms with van der Waals surface area (Å²) >= 11 is 5.92. The van der Waals surface area contributed by atoms with Crippen LogP contribution in [0.4, 0.5) is 0 Å². The summed E-state index contributed by atoms with van der Waals surface area (Å²) in [6, 6.07) is 7.12. The molecule has 1 aliphatic heterocycles. The van der Waals surface area contributed by atoms with Crippen LogP contribution in [-0.4, -0.2) is 40.0 Å². The summed E-state index contributed by atoms with van der Waals surface area (Å²) in [4.78, 5) is 30.3. The van der Waals surface area contributed by atoms with Gasteiger partial charge in [0.25, 0.3) is 5.91 Å². The first-order valence-corrected chi connectivity index (χ1v) is 8.63. The second kappa shape index (κ2) is 6.19. The van der Waals surface area contributed by atoms with E-state index in [0.717, 1.165) is 18.4 Å². The van der Waals surface area contributed by atoms with Crippen LogP contribution in [0.2, 0.25) is 5.02 Å². The van der Waals surface area contributed by atoms with Crippen molar-refractivity contribution in [1.29, 1.82) is 0 Å². The number of likely N-dealkylation sites (tertiary alicyclic amines) is 1. The molecule has 1 N–H and O–H groups in total. The minimum absolute atomic E-state index is 0.159. The summed E-state index contributed by atoms with van der Waals surface area (Å²) in [5, 5.41) is 10.2. The van der Waals surface area contributed by atoms with Crippen molar-refractivity contribution in [1.82, 2.24) is 9.88 Å². The van der Waals surface area contributed by atoms with Gasteiger partial charge in [-0.1, -0.05) is 23.7 Å². The van der Waals surface area contributed by atoms with E-state index in [-0.39, 0.29) is 24.1 Å². The molecule has 1 saturated carbocycles. The van der Waals surface area contributed by atoms with Crippen LogP contribution in [0.3, 0.4) is 0 Å². The molecule has 0 radical (unpaired) electrons.